The summed E-state index contributed by atoms with van der Waals surface area (Å²) in [5.74, 6) is 1.87. The third kappa shape index (κ3) is 5.23. The van der Waals surface area contributed by atoms with Gasteiger partial charge in [-0.3, -0.25) is 9.80 Å². The van der Waals surface area contributed by atoms with Gasteiger partial charge >= 0.3 is 0 Å². The first-order valence-corrected chi connectivity index (χ1v) is 9.34. The van der Waals surface area contributed by atoms with Crippen LogP contribution in [0.5, 0.6) is 11.5 Å². The summed E-state index contributed by atoms with van der Waals surface area (Å²) in [6.45, 7) is 9.53. The molecule has 0 spiro atoms. The second-order valence-corrected chi connectivity index (χ2v) is 7.44. The van der Waals surface area contributed by atoms with Crippen molar-refractivity contribution < 1.29 is 14.6 Å². The van der Waals surface area contributed by atoms with E-state index in [1.165, 1.54) is 0 Å². The van der Waals surface area contributed by atoms with E-state index in [1.807, 2.05) is 12.1 Å². The summed E-state index contributed by atoms with van der Waals surface area (Å²) >= 11 is 6.53. The first-order chi connectivity index (χ1) is 12.0. The van der Waals surface area contributed by atoms with Gasteiger partial charge in [0.05, 0.1) is 19.2 Å². The minimum Gasteiger partial charge on any atom is -0.493 e. The van der Waals surface area contributed by atoms with Gasteiger partial charge in [0, 0.05) is 45.4 Å². The van der Waals surface area contributed by atoms with Gasteiger partial charge in [-0.25, -0.2) is 0 Å². The molecule has 1 heterocycles. The van der Waals surface area contributed by atoms with Crippen molar-refractivity contribution in [3.05, 3.63) is 22.7 Å². The highest BCUT2D eigenvalue weighted by Crippen LogP contribution is 2.37. The molecule has 5 nitrogen and oxygen atoms in total. The number of halogens is 1. The Morgan fingerprint density at radius 3 is 2.60 bits per heavy atom. The van der Waals surface area contributed by atoms with E-state index in [1.54, 1.807) is 14.2 Å². The lowest BCUT2D eigenvalue weighted by Crippen LogP contribution is -2.53. The smallest absolute Gasteiger partial charge is 0.179 e. The van der Waals surface area contributed by atoms with Crippen LogP contribution < -0.4 is 9.47 Å². The van der Waals surface area contributed by atoms with E-state index < -0.39 is 0 Å². The molecule has 1 saturated heterocycles. The van der Waals surface area contributed by atoms with E-state index in [2.05, 4.69) is 23.6 Å². The summed E-state index contributed by atoms with van der Waals surface area (Å²) in [6.07, 6.45) is 0.808. The van der Waals surface area contributed by atoms with Crippen molar-refractivity contribution >= 4 is 11.6 Å². The molecule has 0 bridgehead atoms. The molecular formula is C19H31ClN2O3. The van der Waals surface area contributed by atoms with Crippen LogP contribution in [0.25, 0.3) is 0 Å². The summed E-state index contributed by atoms with van der Waals surface area (Å²) in [7, 11) is 3.22. The fraction of sp³-hybridized carbons (Fsp3) is 0.684. The van der Waals surface area contributed by atoms with E-state index in [4.69, 9.17) is 21.1 Å². The monoisotopic (exact) mass is 370 g/mol. The van der Waals surface area contributed by atoms with Crippen molar-refractivity contribution in [1.82, 2.24) is 9.80 Å². The van der Waals surface area contributed by atoms with Crippen LogP contribution in [0, 0.1) is 5.92 Å². The Bertz CT molecular complexity index is 554. The maximum absolute atomic E-state index is 9.42. The highest BCUT2D eigenvalue weighted by Gasteiger charge is 2.27. The lowest BCUT2D eigenvalue weighted by atomic mass is 10.1. The topological polar surface area (TPSA) is 45.2 Å². The minimum absolute atomic E-state index is 0.226. The van der Waals surface area contributed by atoms with Gasteiger partial charge in [0.25, 0.3) is 0 Å². The SMILES string of the molecule is COc1ccc(CN2CCN(CC(C)C)C(CCO)C2)c(Cl)c1OC. The molecule has 1 aromatic rings. The number of aliphatic hydroxyl groups is 1. The van der Waals surface area contributed by atoms with Crippen LogP contribution in [0.3, 0.4) is 0 Å². The Labute approximate surface area is 156 Å². The summed E-state index contributed by atoms with van der Waals surface area (Å²) in [5, 5.41) is 10.0. The summed E-state index contributed by atoms with van der Waals surface area (Å²) < 4.78 is 10.7. The van der Waals surface area contributed by atoms with Crippen LogP contribution in [-0.2, 0) is 6.54 Å². The van der Waals surface area contributed by atoms with E-state index in [9.17, 15) is 5.11 Å². The number of methoxy groups -OCH3 is 2. The maximum atomic E-state index is 9.42. The zero-order valence-corrected chi connectivity index (χ0v) is 16.6. The molecule has 1 aromatic carbocycles. The van der Waals surface area contributed by atoms with Crippen LogP contribution in [0.4, 0.5) is 0 Å². The van der Waals surface area contributed by atoms with Crippen LogP contribution in [0.2, 0.25) is 5.02 Å². The zero-order chi connectivity index (χ0) is 18.4. The van der Waals surface area contributed by atoms with Gasteiger partial charge in [0.2, 0.25) is 0 Å². The van der Waals surface area contributed by atoms with Crippen molar-refractivity contribution in [2.45, 2.75) is 32.9 Å². The van der Waals surface area contributed by atoms with Gasteiger partial charge in [-0.05, 0) is 24.0 Å². The number of ether oxygens (including phenoxy) is 2. The van der Waals surface area contributed by atoms with Gasteiger partial charge in [-0.15, -0.1) is 0 Å². The summed E-state index contributed by atoms with van der Waals surface area (Å²) in [5.41, 5.74) is 1.04. The lowest BCUT2D eigenvalue weighted by Gasteiger charge is -2.42. The number of benzene rings is 1. The lowest BCUT2D eigenvalue weighted by molar-refractivity contribution is 0.0476. The van der Waals surface area contributed by atoms with Crippen LogP contribution in [0.15, 0.2) is 12.1 Å². The largest absolute Gasteiger partial charge is 0.493 e. The molecule has 2 rings (SSSR count). The number of nitrogens with zero attached hydrogens (tertiary/aromatic N) is 2. The highest BCUT2D eigenvalue weighted by molar-refractivity contribution is 6.33. The van der Waals surface area contributed by atoms with Crippen molar-refractivity contribution in [2.24, 2.45) is 5.92 Å². The molecular weight excluding hydrogens is 340 g/mol. The summed E-state index contributed by atoms with van der Waals surface area (Å²) in [6, 6.07) is 4.30. The van der Waals surface area contributed by atoms with Crippen molar-refractivity contribution in [2.75, 3.05) is 47.0 Å². The second kappa shape index (κ2) is 9.62. The Balaban J connectivity index is 2.08. The zero-order valence-electron chi connectivity index (χ0n) is 15.8. The molecule has 1 aliphatic heterocycles. The third-order valence-corrected chi connectivity index (χ3v) is 5.12. The van der Waals surface area contributed by atoms with Gasteiger partial charge < -0.3 is 14.6 Å². The first-order valence-electron chi connectivity index (χ1n) is 8.96. The molecule has 142 valence electrons. The van der Waals surface area contributed by atoms with E-state index in [0.717, 1.165) is 44.7 Å². The molecule has 0 aromatic heterocycles. The number of hydrogen-bond acceptors (Lipinski definition) is 5. The average molecular weight is 371 g/mol. The van der Waals surface area contributed by atoms with Gasteiger partial charge in [0.1, 0.15) is 0 Å². The van der Waals surface area contributed by atoms with Crippen LogP contribution in [0.1, 0.15) is 25.8 Å². The molecule has 25 heavy (non-hydrogen) atoms. The van der Waals surface area contributed by atoms with Gasteiger partial charge in [-0.1, -0.05) is 31.5 Å². The van der Waals surface area contributed by atoms with E-state index in [0.29, 0.717) is 28.5 Å². The molecule has 1 N–H and O–H groups in total. The molecule has 0 amide bonds. The number of rotatable bonds is 8. The van der Waals surface area contributed by atoms with E-state index in [-0.39, 0.29) is 6.61 Å². The Morgan fingerprint density at radius 1 is 1.24 bits per heavy atom. The molecule has 0 aliphatic carbocycles. The Hall–Kier alpha value is -1.01. The normalized spacial score (nSPS) is 19.4. The number of piperazine rings is 1. The molecule has 6 heteroatoms. The van der Waals surface area contributed by atoms with Gasteiger partial charge in [0.15, 0.2) is 11.5 Å². The fourth-order valence-electron chi connectivity index (χ4n) is 3.53. The predicted octanol–water partition coefficient (Wildman–Crippen LogP) is 2.88. The third-order valence-electron chi connectivity index (χ3n) is 4.71. The maximum Gasteiger partial charge on any atom is 0.179 e. The van der Waals surface area contributed by atoms with Crippen LogP contribution >= 0.6 is 11.6 Å². The summed E-state index contributed by atoms with van der Waals surface area (Å²) in [4.78, 5) is 4.91. The number of hydrogen-bond donors (Lipinski definition) is 1. The van der Waals surface area contributed by atoms with Gasteiger partial charge in [-0.2, -0.15) is 0 Å². The fourth-order valence-corrected chi connectivity index (χ4v) is 3.82. The molecule has 1 unspecified atom stereocenters. The Kier molecular flexibility index (Phi) is 7.81. The minimum atomic E-state index is 0.226. The van der Waals surface area contributed by atoms with Crippen molar-refractivity contribution in [1.29, 1.82) is 0 Å². The molecule has 0 radical (unpaired) electrons. The number of aliphatic hydroxyl groups excluding tert-OH is 1. The average Bonchev–Trinajstić information content (AvgIpc) is 2.58. The predicted molar refractivity (Wildman–Crippen MR) is 102 cm³/mol. The quantitative estimate of drug-likeness (QED) is 0.762. The first kappa shape index (κ1) is 20.3. The van der Waals surface area contributed by atoms with Crippen LogP contribution in [-0.4, -0.2) is 68.0 Å². The Morgan fingerprint density at radius 2 is 2.00 bits per heavy atom. The van der Waals surface area contributed by atoms with E-state index >= 15 is 0 Å². The van der Waals surface area contributed by atoms with Crippen molar-refractivity contribution in [3.63, 3.8) is 0 Å². The highest BCUT2D eigenvalue weighted by atomic mass is 35.5. The second-order valence-electron chi connectivity index (χ2n) is 7.06. The molecule has 0 saturated carbocycles. The molecule has 1 aliphatic rings. The van der Waals surface area contributed by atoms with Crippen molar-refractivity contribution in [3.8, 4) is 11.5 Å². The molecule has 1 fully saturated rings. The standard InChI is InChI=1S/C19H31ClN2O3/c1-14(2)11-22-9-8-21(13-16(22)7-10-23)12-15-5-6-17(24-3)19(25-4)18(15)20/h5-6,14,16,23H,7-13H2,1-4H3. The molecule has 1 atom stereocenters.